The van der Waals surface area contributed by atoms with Gasteiger partial charge in [-0.05, 0) is 54.8 Å². The second kappa shape index (κ2) is 9.02. The highest BCUT2D eigenvalue weighted by Gasteiger charge is 2.47. The van der Waals surface area contributed by atoms with E-state index in [9.17, 15) is 14.7 Å². The number of carbonyl (C=O) groups is 2. The molecule has 2 amide bonds. The van der Waals surface area contributed by atoms with Gasteiger partial charge in [-0.15, -0.1) is 0 Å². The summed E-state index contributed by atoms with van der Waals surface area (Å²) in [6, 6.07) is 18.4. The fraction of sp³-hybridized carbons (Fsp3) is 0.0769. The van der Waals surface area contributed by atoms with Crippen LogP contribution >= 0.6 is 23.2 Å². The van der Waals surface area contributed by atoms with Gasteiger partial charge in [0.25, 0.3) is 11.6 Å². The van der Waals surface area contributed by atoms with Crippen LogP contribution in [0.15, 0.2) is 79.1 Å². The topological polar surface area (TPSA) is 82.1 Å². The second-order valence-corrected chi connectivity index (χ2v) is 8.67. The number of hydrogen-bond acceptors (Lipinski definition) is 4. The summed E-state index contributed by atoms with van der Waals surface area (Å²) in [5.41, 5.74) is 1.37. The van der Waals surface area contributed by atoms with Crippen molar-refractivity contribution in [1.29, 1.82) is 0 Å². The van der Waals surface area contributed by atoms with Gasteiger partial charge in [0.2, 0.25) is 0 Å². The van der Waals surface area contributed by atoms with Crippen LogP contribution in [-0.2, 0) is 16.0 Å². The Labute approximate surface area is 211 Å². The predicted molar refractivity (Wildman–Crippen MR) is 131 cm³/mol. The van der Waals surface area contributed by atoms with E-state index in [-0.39, 0.29) is 16.8 Å². The lowest BCUT2D eigenvalue weighted by atomic mass is 10.0. The highest BCUT2D eigenvalue weighted by atomic mass is 35.5. The Morgan fingerprint density at radius 3 is 2.26 bits per heavy atom. The van der Waals surface area contributed by atoms with Crippen molar-refractivity contribution < 1.29 is 19.3 Å². The molecule has 0 bridgehead atoms. The van der Waals surface area contributed by atoms with Crippen molar-refractivity contribution in [1.82, 2.24) is 9.78 Å². The molecule has 0 N–H and O–H groups in total. The number of pyridine rings is 1. The van der Waals surface area contributed by atoms with E-state index in [0.717, 1.165) is 4.90 Å². The van der Waals surface area contributed by atoms with Gasteiger partial charge < -0.3 is 5.11 Å². The van der Waals surface area contributed by atoms with E-state index in [0.29, 0.717) is 33.5 Å². The maximum atomic E-state index is 13.8. The Balaban J connectivity index is 1.76. The van der Waals surface area contributed by atoms with Gasteiger partial charge in [0.05, 0.1) is 17.1 Å². The number of amides is 2. The van der Waals surface area contributed by atoms with Gasteiger partial charge in [0.15, 0.2) is 12.4 Å². The normalized spacial score (nSPS) is 13.7. The summed E-state index contributed by atoms with van der Waals surface area (Å²) < 4.78 is 2.77. The number of aromatic nitrogens is 3. The summed E-state index contributed by atoms with van der Waals surface area (Å²) in [7, 11) is 0. The number of nitrogens with zero attached hydrogens (tertiary/aromatic N) is 4. The summed E-state index contributed by atoms with van der Waals surface area (Å²) in [6.07, 6.45) is 3.68. The molecular weight excluding hydrogens is 487 g/mol. The van der Waals surface area contributed by atoms with E-state index in [2.05, 4.69) is 5.10 Å². The number of aryl methyl sites for hydroxylation is 1. The van der Waals surface area contributed by atoms with Crippen LogP contribution in [0.2, 0.25) is 10.0 Å². The van der Waals surface area contributed by atoms with Crippen molar-refractivity contribution in [2.75, 3.05) is 4.90 Å². The molecule has 0 unspecified atom stereocenters. The fourth-order valence-electron chi connectivity index (χ4n) is 4.08. The molecule has 2 aromatic carbocycles. The summed E-state index contributed by atoms with van der Waals surface area (Å²) in [6.45, 7) is 1.84. The van der Waals surface area contributed by atoms with E-state index < -0.39 is 17.7 Å². The molecule has 174 valence electrons. The average molecular weight is 505 g/mol. The Hall–Kier alpha value is -3.94. The first-order valence-corrected chi connectivity index (χ1v) is 11.6. The van der Waals surface area contributed by atoms with E-state index in [1.54, 1.807) is 77.6 Å². The molecule has 1 aliphatic heterocycles. The molecule has 0 saturated carbocycles. The standard InChI is InChI=1S/C26H18Cl2N4O3/c1-2-20-21(25(34)32(29-20)18-11-9-16(27)10-12-18)22-23(30-13-4-3-5-14-30)26(35)31(24(22)33)19-8-6-7-17(28)15-19/h3-15H,2H2,1H3. The Morgan fingerprint density at radius 2 is 1.60 bits per heavy atom. The van der Waals surface area contributed by atoms with Gasteiger partial charge in [-0.1, -0.05) is 42.3 Å². The highest BCUT2D eigenvalue weighted by molar-refractivity contribution is 6.53. The Morgan fingerprint density at radius 1 is 0.886 bits per heavy atom. The number of hydrogen-bond donors (Lipinski definition) is 0. The zero-order valence-electron chi connectivity index (χ0n) is 18.5. The number of rotatable bonds is 5. The van der Waals surface area contributed by atoms with Crippen molar-refractivity contribution >= 4 is 52.0 Å². The summed E-state index contributed by atoms with van der Waals surface area (Å²) >= 11 is 12.1. The summed E-state index contributed by atoms with van der Waals surface area (Å²) in [4.78, 5) is 28.5. The van der Waals surface area contributed by atoms with Crippen LogP contribution in [-0.4, -0.2) is 21.6 Å². The highest BCUT2D eigenvalue weighted by Crippen LogP contribution is 2.39. The quantitative estimate of drug-likeness (QED) is 0.303. The maximum absolute atomic E-state index is 13.8. The number of carbonyl (C=O) groups excluding carboxylic acids is 2. The SMILES string of the molecule is CCc1nn(-c2ccc(Cl)cc2)c([O-])c1C1=C([n+]2ccccc2)C(=O)N(c2cccc(Cl)c2)C1=O. The smallest absolute Gasteiger partial charge is 0.331 e. The zero-order chi connectivity index (χ0) is 24.7. The maximum Gasteiger partial charge on any atom is 0.331 e. The molecule has 0 atom stereocenters. The first kappa shape index (κ1) is 22.8. The van der Waals surface area contributed by atoms with Crippen LogP contribution in [0.4, 0.5) is 5.69 Å². The van der Waals surface area contributed by atoms with Gasteiger partial charge >= 0.3 is 5.91 Å². The van der Waals surface area contributed by atoms with E-state index in [4.69, 9.17) is 23.2 Å². The van der Waals surface area contributed by atoms with Crippen LogP contribution in [0.5, 0.6) is 5.88 Å². The minimum atomic E-state index is -0.619. The molecule has 5 rings (SSSR count). The van der Waals surface area contributed by atoms with Gasteiger partial charge in [0, 0.05) is 27.7 Å². The lowest BCUT2D eigenvalue weighted by molar-refractivity contribution is -0.576. The summed E-state index contributed by atoms with van der Waals surface area (Å²) in [5, 5.41) is 19.0. The first-order valence-electron chi connectivity index (χ1n) is 10.8. The largest absolute Gasteiger partial charge is 0.858 e. The first-order chi connectivity index (χ1) is 16.9. The van der Waals surface area contributed by atoms with Gasteiger partial charge in [-0.2, -0.15) is 9.67 Å². The van der Waals surface area contributed by atoms with Crippen molar-refractivity contribution in [3.63, 3.8) is 0 Å². The van der Waals surface area contributed by atoms with Gasteiger partial charge in [-0.25, -0.2) is 9.58 Å². The van der Waals surface area contributed by atoms with E-state index in [1.807, 2.05) is 6.92 Å². The van der Waals surface area contributed by atoms with E-state index in [1.165, 1.54) is 10.7 Å². The van der Waals surface area contributed by atoms with Crippen LogP contribution in [0, 0.1) is 0 Å². The molecule has 0 saturated heterocycles. The predicted octanol–water partition coefficient (Wildman–Crippen LogP) is 4.04. The Bertz CT molecular complexity index is 1500. The average Bonchev–Trinajstić information content (AvgIpc) is 3.32. The second-order valence-electron chi connectivity index (χ2n) is 7.80. The Kier molecular flexibility index (Phi) is 5.88. The molecule has 9 heteroatoms. The van der Waals surface area contributed by atoms with Gasteiger partial charge in [-0.3, -0.25) is 9.59 Å². The third-order valence-electron chi connectivity index (χ3n) is 5.67. The monoisotopic (exact) mass is 504 g/mol. The molecule has 3 heterocycles. The molecule has 0 aliphatic carbocycles. The number of benzene rings is 2. The van der Waals surface area contributed by atoms with Crippen LogP contribution in [0.1, 0.15) is 18.2 Å². The van der Waals surface area contributed by atoms with E-state index >= 15 is 0 Å². The molecular formula is C26H18Cl2N4O3. The number of imide groups is 1. The molecule has 2 aromatic heterocycles. The fourth-order valence-corrected chi connectivity index (χ4v) is 4.39. The molecule has 0 fully saturated rings. The zero-order valence-corrected chi connectivity index (χ0v) is 20.0. The van der Waals surface area contributed by atoms with Crippen LogP contribution in [0.25, 0.3) is 17.0 Å². The van der Waals surface area contributed by atoms with Crippen molar-refractivity contribution in [2.45, 2.75) is 13.3 Å². The summed E-state index contributed by atoms with van der Waals surface area (Å²) in [5.74, 6) is -1.68. The van der Waals surface area contributed by atoms with Crippen LogP contribution < -0.4 is 14.6 Å². The molecule has 1 aliphatic rings. The molecule has 35 heavy (non-hydrogen) atoms. The van der Waals surface area contributed by atoms with Crippen molar-refractivity contribution in [2.24, 2.45) is 0 Å². The molecule has 0 radical (unpaired) electrons. The van der Waals surface area contributed by atoms with Gasteiger partial charge in [0.1, 0.15) is 5.57 Å². The minimum Gasteiger partial charge on any atom is -0.858 e. The number of anilines is 1. The lowest BCUT2D eigenvalue weighted by Gasteiger charge is -2.16. The van der Waals surface area contributed by atoms with Crippen molar-refractivity contribution in [3.05, 3.63) is 100 Å². The number of halogens is 2. The molecule has 7 nitrogen and oxygen atoms in total. The van der Waals surface area contributed by atoms with Crippen LogP contribution in [0.3, 0.4) is 0 Å². The minimum absolute atomic E-state index is 0.00626. The van der Waals surface area contributed by atoms with Crippen molar-refractivity contribution in [3.8, 4) is 11.6 Å². The third-order valence-corrected chi connectivity index (χ3v) is 6.16. The molecule has 4 aromatic rings. The lowest BCUT2D eigenvalue weighted by Crippen LogP contribution is -2.39. The molecule has 0 spiro atoms. The third kappa shape index (κ3) is 3.88.